The van der Waals surface area contributed by atoms with Gasteiger partial charge in [0, 0.05) is 25.4 Å². The van der Waals surface area contributed by atoms with Crippen molar-refractivity contribution in [1.29, 1.82) is 0 Å². The molecule has 0 bridgehead atoms. The van der Waals surface area contributed by atoms with Crippen LogP contribution in [0, 0.1) is 0 Å². The lowest BCUT2D eigenvalue weighted by Gasteiger charge is -2.23. The van der Waals surface area contributed by atoms with E-state index in [2.05, 4.69) is 10.6 Å². The van der Waals surface area contributed by atoms with Gasteiger partial charge in [0.15, 0.2) is 9.43 Å². The van der Waals surface area contributed by atoms with Gasteiger partial charge in [0.25, 0.3) is 0 Å². The molecule has 1 unspecified atom stereocenters. The number of nitrogens with zero attached hydrogens (tertiary/aromatic N) is 2. The topological polar surface area (TPSA) is 39.7 Å². The van der Waals surface area contributed by atoms with Gasteiger partial charge in [0.1, 0.15) is 0 Å². The second kappa shape index (κ2) is 6.57. The van der Waals surface area contributed by atoms with Crippen molar-refractivity contribution in [2.75, 3.05) is 10.2 Å². The van der Waals surface area contributed by atoms with Crippen LogP contribution in [0.25, 0.3) is 0 Å². The highest BCUT2D eigenvalue weighted by Gasteiger charge is 2.34. The molecule has 2 heterocycles. The van der Waals surface area contributed by atoms with E-state index in [1.165, 1.54) is 10.8 Å². The first-order valence-electron chi connectivity index (χ1n) is 6.88. The van der Waals surface area contributed by atoms with Gasteiger partial charge in [0.2, 0.25) is 5.96 Å². The Morgan fingerprint density at radius 2 is 1.88 bits per heavy atom. The van der Waals surface area contributed by atoms with Gasteiger partial charge in [0.05, 0.1) is 5.69 Å². The van der Waals surface area contributed by atoms with Crippen molar-refractivity contribution in [1.82, 2.24) is 5.32 Å². The predicted octanol–water partition coefficient (Wildman–Crippen LogP) is 5.09. The fourth-order valence-electron chi connectivity index (χ4n) is 2.30. The second-order valence-electron chi connectivity index (χ2n) is 4.92. The molecule has 0 aromatic heterocycles. The molecule has 0 saturated carbocycles. The molecule has 0 aliphatic carbocycles. The highest BCUT2D eigenvalue weighted by Crippen LogP contribution is 2.44. The standard InChI is InChI=1S/C15H10Cl2N4S3/c16-9-3-1-5-11(7-9)18-13-20-24-14(19-15(22)23-24)21(13)12-6-2-4-10(17)8-12/h1-8H,(H,18,20)(H,19,22). The van der Waals surface area contributed by atoms with E-state index in [1.807, 2.05) is 53.4 Å². The maximum absolute atomic E-state index is 6.16. The first kappa shape index (κ1) is 16.2. The Balaban J connectivity index is 1.72. The summed E-state index contributed by atoms with van der Waals surface area (Å²) in [7, 11) is 1.15. The lowest BCUT2D eigenvalue weighted by molar-refractivity contribution is 1.33. The van der Waals surface area contributed by atoms with Gasteiger partial charge in [-0.05, 0) is 47.2 Å². The van der Waals surface area contributed by atoms with Crippen LogP contribution in [0.4, 0.5) is 11.4 Å². The molecule has 0 saturated heterocycles. The molecule has 0 amide bonds. The van der Waals surface area contributed by atoms with Crippen molar-refractivity contribution in [2.24, 2.45) is 4.40 Å². The summed E-state index contributed by atoms with van der Waals surface area (Å²) in [6, 6.07) is 15.1. The van der Waals surface area contributed by atoms with Gasteiger partial charge in [-0.25, -0.2) is 0 Å². The van der Waals surface area contributed by atoms with E-state index in [1.54, 1.807) is 0 Å². The smallest absolute Gasteiger partial charge is 0.221 e. The van der Waals surface area contributed by atoms with Crippen LogP contribution >= 0.6 is 55.9 Å². The van der Waals surface area contributed by atoms with E-state index in [0.717, 1.165) is 20.8 Å². The highest BCUT2D eigenvalue weighted by atomic mass is 35.5. The van der Waals surface area contributed by atoms with Crippen molar-refractivity contribution in [3.05, 3.63) is 58.6 Å². The average molecular weight is 413 g/mol. The normalized spacial score (nSPS) is 19.2. The van der Waals surface area contributed by atoms with Crippen LogP contribution in [-0.2, 0) is 0 Å². The first-order valence-corrected chi connectivity index (χ1v) is 10.6. The van der Waals surface area contributed by atoms with E-state index < -0.39 is 0 Å². The minimum Gasteiger partial charge on any atom is -0.325 e. The molecule has 2 aliphatic rings. The number of rotatable bonds is 2. The van der Waals surface area contributed by atoms with Crippen molar-refractivity contribution >= 4 is 82.7 Å². The molecule has 2 aromatic carbocycles. The summed E-state index contributed by atoms with van der Waals surface area (Å²) in [4.78, 5) is 2.00. The Morgan fingerprint density at radius 1 is 1.12 bits per heavy atom. The van der Waals surface area contributed by atoms with Crippen LogP contribution in [0.1, 0.15) is 0 Å². The molecule has 2 N–H and O–H groups in total. The molecule has 0 fully saturated rings. The molecule has 122 valence electrons. The Kier molecular flexibility index (Phi) is 4.44. The molecule has 2 aliphatic heterocycles. The minimum absolute atomic E-state index is 0.388. The molecular formula is C15H10Cl2N4S3. The molecule has 0 radical (unpaired) electrons. The Hall–Kier alpha value is -1.25. The zero-order valence-electron chi connectivity index (χ0n) is 12.0. The number of hydrogen-bond acceptors (Lipinski definition) is 5. The molecular weight excluding hydrogens is 403 g/mol. The van der Waals surface area contributed by atoms with Gasteiger partial charge in [-0.1, -0.05) is 47.6 Å². The number of guanidine groups is 1. The largest absolute Gasteiger partial charge is 0.325 e. The lowest BCUT2D eigenvalue weighted by Crippen LogP contribution is -2.44. The third-order valence-corrected chi connectivity index (χ3v) is 7.44. The van der Waals surface area contributed by atoms with Crippen molar-refractivity contribution in [3.8, 4) is 0 Å². The van der Waals surface area contributed by atoms with Crippen LogP contribution in [0.5, 0.6) is 0 Å². The maximum Gasteiger partial charge on any atom is 0.221 e. The highest BCUT2D eigenvalue weighted by molar-refractivity contribution is 8.90. The van der Waals surface area contributed by atoms with Crippen molar-refractivity contribution in [2.45, 2.75) is 0 Å². The third-order valence-electron chi connectivity index (χ3n) is 3.26. The van der Waals surface area contributed by atoms with Gasteiger partial charge in [-0.2, -0.15) is 4.40 Å². The van der Waals surface area contributed by atoms with E-state index in [0.29, 0.717) is 16.0 Å². The summed E-state index contributed by atoms with van der Waals surface area (Å²) in [5.74, 6) is 0.709. The number of hydrogen-bond donors (Lipinski definition) is 2. The average Bonchev–Trinajstić information content (AvgIpc) is 3.02. The quantitative estimate of drug-likeness (QED) is 0.530. The van der Waals surface area contributed by atoms with Crippen molar-refractivity contribution < 1.29 is 0 Å². The molecule has 1 atom stereocenters. The Bertz CT molecular complexity index is 913. The fraction of sp³-hybridized carbons (Fsp3) is 0. The summed E-state index contributed by atoms with van der Waals surface area (Å²) in [6.45, 7) is 0. The summed E-state index contributed by atoms with van der Waals surface area (Å²) < 4.78 is 5.49. The van der Waals surface area contributed by atoms with E-state index >= 15 is 0 Å². The molecule has 24 heavy (non-hydrogen) atoms. The van der Waals surface area contributed by atoms with Crippen LogP contribution in [0.15, 0.2) is 52.9 Å². The number of benzene rings is 2. The second-order valence-corrected chi connectivity index (χ2v) is 9.54. The number of halogens is 2. The zero-order valence-corrected chi connectivity index (χ0v) is 16.0. The van der Waals surface area contributed by atoms with Gasteiger partial charge >= 0.3 is 0 Å². The predicted molar refractivity (Wildman–Crippen MR) is 112 cm³/mol. The summed E-state index contributed by atoms with van der Waals surface area (Å²) >= 11 is 17.5. The molecule has 4 rings (SSSR count). The van der Waals surface area contributed by atoms with Crippen LogP contribution in [0.2, 0.25) is 10.0 Å². The van der Waals surface area contributed by atoms with Gasteiger partial charge in [-0.3, -0.25) is 4.90 Å². The Morgan fingerprint density at radius 3 is 2.62 bits per heavy atom. The maximum atomic E-state index is 6.16. The number of anilines is 2. The van der Waals surface area contributed by atoms with Crippen molar-refractivity contribution in [3.63, 3.8) is 0 Å². The van der Waals surface area contributed by atoms with E-state index in [4.69, 9.17) is 39.8 Å². The monoisotopic (exact) mass is 412 g/mol. The van der Waals surface area contributed by atoms with Gasteiger partial charge < -0.3 is 10.6 Å². The Labute approximate surface area is 160 Å². The minimum atomic E-state index is -0.388. The molecule has 2 aromatic rings. The summed E-state index contributed by atoms with van der Waals surface area (Å²) in [6.07, 6.45) is 0. The third kappa shape index (κ3) is 3.14. The van der Waals surface area contributed by atoms with Gasteiger partial charge in [-0.15, -0.1) is 0 Å². The SMILES string of the molecule is S=C1NC2=S(N=C(Nc3cccc(Cl)c3)N2c2cccc(Cl)c2)S1. The number of thiocarbonyl (C=S) groups is 1. The molecule has 4 nitrogen and oxygen atoms in total. The lowest BCUT2D eigenvalue weighted by atomic mass is 10.3. The zero-order chi connectivity index (χ0) is 16.7. The molecule has 0 spiro atoms. The van der Waals surface area contributed by atoms with Crippen LogP contribution in [-0.4, -0.2) is 15.4 Å². The van der Waals surface area contributed by atoms with Crippen LogP contribution in [0.3, 0.4) is 0 Å². The molecule has 9 heteroatoms. The number of nitrogens with one attached hydrogen (secondary N) is 2. The summed E-state index contributed by atoms with van der Waals surface area (Å²) in [5, 5.41) is 8.84. The first-order chi connectivity index (χ1) is 11.6. The van der Waals surface area contributed by atoms with E-state index in [-0.39, 0.29) is 9.70 Å². The fourth-order valence-corrected chi connectivity index (χ4v) is 6.25. The van der Waals surface area contributed by atoms with Crippen LogP contribution < -0.4 is 15.5 Å². The van der Waals surface area contributed by atoms with E-state index in [9.17, 15) is 0 Å². The summed E-state index contributed by atoms with van der Waals surface area (Å²) in [5.41, 5.74) is 1.78.